The summed E-state index contributed by atoms with van der Waals surface area (Å²) < 4.78 is 11.1. The predicted octanol–water partition coefficient (Wildman–Crippen LogP) is 4.08. The van der Waals surface area contributed by atoms with Gasteiger partial charge in [0.05, 0.1) is 35.3 Å². The summed E-state index contributed by atoms with van der Waals surface area (Å²) >= 11 is 1.42. The molecule has 0 aromatic heterocycles. The molecular formula is C21H26N2O4S. The van der Waals surface area contributed by atoms with E-state index in [1.54, 1.807) is 25.7 Å². The molecule has 1 aromatic rings. The molecule has 7 heteroatoms. The molecule has 2 atom stereocenters. The molecule has 1 aromatic carbocycles. The first-order chi connectivity index (χ1) is 13.3. The lowest BCUT2D eigenvalue weighted by atomic mass is 9.94. The summed E-state index contributed by atoms with van der Waals surface area (Å²) in [5.41, 5.74) is 1.82. The van der Waals surface area contributed by atoms with E-state index >= 15 is 0 Å². The summed E-state index contributed by atoms with van der Waals surface area (Å²) in [5.74, 6) is 0.268. The minimum absolute atomic E-state index is 0.0533. The van der Waals surface area contributed by atoms with Gasteiger partial charge in [-0.15, -0.1) is 0 Å². The summed E-state index contributed by atoms with van der Waals surface area (Å²) in [4.78, 5) is 31.9. The number of allylic oxidation sites excluding steroid dienone is 1. The summed E-state index contributed by atoms with van der Waals surface area (Å²) in [6.45, 7) is 9.95. The number of amides is 1. The molecule has 1 amide bonds. The van der Waals surface area contributed by atoms with Crippen molar-refractivity contribution in [2.75, 3.05) is 6.61 Å². The molecule has 0 spiro atoms. The number of hydrogen-bond acceptors (Lipinski definition) is 6. The maximum absolute atomic E-state index is 12.9. The van der Waals surface area contributed by atoms with Crippen molar-refractivity contribution in [3.8, 4) is 5.75 Å². The quantitative estimate of drug-likeness (QED) is 0.671. The Hall–Kier alpha value is -2.28. The molecule has 28 heavy (non-hydrogen) atoms. The van der Waals surface area contributed by atoms with Crippen LogP contribution in [0.15, 0.2) is 40.5 Å². The molecule has 0 saturated carbocycles. The molecule has 2 aliphatic rings. The first kappa shape index (κ1) is 20.5. The molecule has 150 valence electrons. The van der Waals surface area contributed by atoms with Crippen LogP contribution in [-0.2, 0) is 14.3 Å². The van der Waals surface area contributed by atoms with Crippen LogP contribution in [0.3, 0.4) is 0 Å². The van der Waals surface area contributed by atoms with Gasteiger partial charge in [0.25, 0.3) is 0 Å². The summed E-state index contributed by atoms with van der Waals surface area (Å²) in [7, 11) is 0. The molecule has 0 N–H and O–H groups in total. The number of nitrogens with zero attached hydrogens (tertiary/aromatic N) is 2. The smallest absolute Gasteiger partial charge is 0.338 e. The number of ether oxygens (including phenoxy) is 2. The van der Waals surface area contributed by atoms with Crippen molar-refractivity contribution >= 4 is 28.8 Å². The summed E-state index contributed by atoms with van der Waals surface area (Å²) in [6, 6.07) is 6.98. The number of carbonyl (C=O) groups excluding carboxylic acids is 2. The summed E-state index contributed by atoms with van der Waals surface area (Å²) in [6.07, 6.45) is 0.667. The highest BCUT2D eigenvalue weighted by Crippen LogP contribution is 2.43. The minimum Gasteiger partial charge on any atom is -0.494 e. The van der Waals surface area contributed by atoms with E-state index in [9.17, 15) is 9.59 Å². The van der Waals surface area contributed by atoms with Gasteiger partial charge in [0.15, 0.2) is 5.17 Å². The lowest BCUT2D eigenvalue weighted by Gasteiger charge is -2.33. The van der Waals surface area contributed by atoms with E-state index < -0.39 is 12.0 Å². The van der Waals surface area contributed by atoms with Gasteiger partial charge in [0.1, 0.15) is 5.75 Å². The number of fused-ring (bicyclic) bond motifs is 1. The molecular weight excluding hydrogens is 376 g/mol. The second kappa shape index (κ2) is 8.39. The van der Waals surface area contributed by atoms with Crippen LogP contribution in [0, 0.1) is 0 Å². The van der Waals surface area contributed by atoms with E-state index in [1.807, 2.05) is 31.2 Å². The molecule has 2 heterocycles. The van der Waals surface area contributed by atoms with E-state index in [0.29, 0.717) is 23.0 Å². The van der Waals surface area contributed by atoms with Gasteiger partial charge < -0.3 is 9.47 Å². The number of esters is 1. The van der Waals surface area contributed by atoms with E-state index in [1.165, 1.54) is 11.8 Å². The van der Waals surface area contributed by atoms with Crippen LogP contribution in [-0.4, -0.2) is 39.9 Å². The molecule has 0 radical (unpaired) electrons. The Morgan fingerprint density at radius 1 is 1.29 bits per heavy atom. The average Bonchev–Trinajstić information content (AvgIpc) is 2.92. The number of hydrogen-bond donors (Lipinski definition) is 0. The van der Waals surface area contributed by atoms with E-state index in [0.717, 1.165) is 17.7 Å². The number of thioether (sulfide) groups is 1. The monoisotopic (exact) mass is 402 g/mol. The van der Waals surface area contributed by atoms with Crippen LogP contribution in [0.4, 0.5) is 0 Å². The first-order valence-corrected chi connectivity index (χ1v) is 10.4. The van der Waals surface area contributed by atoms with Gasteiger partial charge in [-0.1, -0.05) is 30.8 Å². The molecule has 6 nitrogen and oxygen atoms in total. The fourth-order valence-electron chi connectivity index (χ4n) is 3.22. The Morgan fingerprint density at radius 3 is 2.57 bits per heavy atom. The van der Waals surface area contributed by atoms with Crippen molar-refractivity contribution in [1.82, 2.24) is 4.90 Å². The molecule has 1 fully saturated rings. The van der Waals surface area contributed by atoms with Crippen molar-refractivity contribution in [3.63, 3.8) is 0 Å². The van der Waals surface area contributed by atoms with Crippen molar-refractivity contribution in [3.05, 3.63) is 41.1 Å². The minimum atomic E-state index is -0.552. The van der Waals surface area contributed by atoms with Crippen LogP contribution >= 0.6 is 11.8 Å². The molecule has 2 unspecified atom stereocenters. The third kappa shape index (κ3) is 3.94. The molecule has 0 bridgehead atoms. The normalized spacial score (nSPS) is 21.7. The van der Waals surface area contributed by atoms with Gasteiger partial charge in [0, 0.05) is 0 Å². The van der Waals surface area contributed by atoms with Gasteiger partial charge in [0.2, 0.25) is 5.91 Å². The third-order valence-electron chi connectivity index (χ3n) is 4.49. The molecule has 3 rings (SSSR count). The average molecular weight is 403 g/mol. The Morgan fingerprint density at radius 2 is 1.96 bits per heavy atom. The maximum Gasteiger partial charge on any atom is 0.338 e. The van der Waals surface area contributed by atoms with Crippen LogP contribution in [0.2, 0.25) is 0 Å². The Balaban J connectivity index is 2.03. The highest BCUT2D eigenvalue weighted by molar-refractivity contribution is 8.15. The van der Waals surface area contributed by atoms with Gasteiger partial charge in [-0.3, -0.25) is 9.69 Å². The molecule has 0 aliphatic carbocycles. The predicted molar refractivity (Wildman–Crippen MR) is 110 cm³/mol. The van der Waals surface area contributed by atoms with Crippen LogP contribution in [0.25, 0.3) is 0 Å². The SMILES string of the molecule is CCCOc1ccc(C2C(C(=O)OC(C)C)=C(C)N=C3SC(C)C(=O)N32)cc1. The van der Waals surface area contributed by atoms with Crippen molar-refractivity contribution in [1.29, 1.82) is 0 Å². The first-order valence-electron chi connectivity index (χ1n) is 9.56. The lowest BCUT2D eigenvalue weighted by molar-refractivity contribution is -0.143. The van der Waals surface area contributed by atoms with E-state index in [2.05, 4.69) is 11.9 Å². The zero-order valence-corrected chi connectivity index (χ0v) is 17.7. The Kier molecular flexibility index (Phi) is 6.13. The maximum atomic E-state index is 12.9. The number of carbonyl (C=O) groups is 2. The van der Waals surface area contributed by atoms with E-state index in [-0.39, 0.29) is 17.3 Å². The van der Waals surface area contributed by atoms with Crippen molar-refractivity contribution in [2.24, 2.45) is 4.99 Å². The highest BCUT2D eigenvalue weighted by Gasteiger charge is 2.46. The molecule has 1 saturated heterocycles. The Bertz CT molecular complexity index is 829. The number of aliphatic imine (C=N–C) groups is 1. The lowest BCUT2D eigenvalue weighted by Crippen LogP contribution is -2.40. The third-order valence-corrected chi connectivity index (χ3v) is 5.54. The summed E-state index contributed by atoms with van der Waals surface area (Å²) in [5, 5.41) is 0.397. The standard InChI is InChI=1S/C21H26N2O4S/c1-6-11-26-16-9-7-15(8-10-16)18-17(20(25)27-12(2)3)13(4)22-21-23(18)19(24)14(5)28-21/h7-10,12,14,18H,6,11H2,1-5H3. The highest BCUT2D eigenvalue weighted by atomic mass is 32.2. The Labute approximate surface area is 170 Å². The number of benzene rings is 1. The number of amidine groups is 1. The van der Waals surface area contributed by atoms with Crippen LogP contribution < -0.4 is 4.74 Å². The zero-order valence-electron chi connectivity index (χ0n) is 16.9. The number of rotatable bonds is 6. The van der Waals surface area contributed by atoms with Gasteiger partial charge >= 0.3 is 5.97 Å². The second-order valence-electron chi connectivity index (χ2n) is 7.14. The fourth-order valence-corrected chi connectivity index (χ4v) is 4.25. The molecule has 2 aliphatic heterocycles. The zero-order chi connectivity index (χ0) is 20.4. The van der Waals surface area contributed by atoms with Gasteiger partial charge in [-0.2, -0.15) is 0 Å². The second-order valence-corrected chi connectivity index (χ2v) is 8.44. The topological polar surface area (TPSA) is 68.2 Å². The van der Waals surface area contributed by atoms with Crippen LogP contribution in [0.1, 0.15) is 52.6 Å². The largest absolute Gasteiger partial charge is 0.494 e. The van der Waals surface area contributed by atoms with Gasteiger partial charge in [-0.25, -0.2) is 9.79 Å². The fraction of sp³-hybridized carbons (Fsp3) is 0.476. The van der Waals surface area contributed by atoms with Crippen molar-refractivity contribution in [2.45, 2.75) is 58.4 Å². The van der Waals surface area contributed by atoms with Crippen molar-refractivity contribution < 1.29 is 19.1 Å². The van der Waals surface area contributed by atoms with Crippen LogP contribution in [0.5, 0.6) is 5.75 Å². The van der Waals surface area contributed by atoms with Gasteiger partial charge in [-0.05, 0) is 51.8 Å². The van der Waals surface area contributed by atoms with E-state index in [4.69, 9.17) is 9.47 Å².